The molecule has 0 saturated carbocycles. The largest absolute Gasteiger partial charge is 0.324 e. The number of para-hydroxylation sites is 1. The smallest absolute Gasteiger partial charge is 0.249 e. The number of nitrogens with zero attached hydrogens (tertiary/aromatic N) is 3. The summed E-state index contributed by atoms with van der Waals surface area (Å²) in [5.74, 6) is -0.169. The van der Waals surface area contributed by atoms with Gasteiger partial charge in [0.05, 0.1) is 5.52 Å². The fourth-order valence-corrected chi connectivity index (χ4v) is 2.60. The monoisotopic (exact) mass is 322 g/mol. The molecule has 24 heavy (non-hydrogen) atoms. The first-order valence-corrected chi connectivity index (χ1v) is 7.82. The molecule has 1 aromatic heterocycles. The van der Waals surface area contributed by atoms with Crippen molar-refractivity contribution >= 4 is 28.4 Å². The highest BCUT2D eigenvalue weighted by atomic mass is 16.2. The number of benzene rings is 2. The van der Waals surface area contributed by atoms with E-state index in [0.29, 0.717) is 17.7 Å². The molecule has 0 aliphatic rings. The summed E-state index contributed by atoms with van der Waals surface area (Å²) in [5, 5.41) is 11.1. The van der Waals surface area contributed by atoms with Crippen molar-refractivity contribution in [2.24, 2.45) is 0 Å². The molecular weight excluding hydrogens is 304 g/mol. The van der Waals surface area contributed by atoms with Gasteiger partial charge >= 0.3 is 0 Å². The van der Waals surface area contributed by atoms with Crippen molar-refractivity contribution in [1.82, 2.24) is 15.0 Å². The summed E-state index contributed by atoms with van der Waals surface area (Å²) in [6.07, 6.45) is 0.588. The van der Waals surface area contributed by atoms with Crippen molar-refractivity contribution < 1.29 is 9.59 Å². The minimum Gasteiger partial charge on any atom is -0.324 e. The standard InChI is InChI=1S/C18H18N4O2/c1-3-16(22-17-7-5-4-6-15(17)20-21-22)18(24)19-14-10-8-13(9-11-14)12(2)23/h4-11,16H,3H2,1-2H3,(H,19,24). The molecule has 6 heteroatoms. The fourth-order valence-electron chi connectivity index (χ4n) is 2.60. The van der Waals surface area contributed by atoms with E-state index >= 15 is 0 Å². The molecule has 0 bridgehead atoms. The molecule has 0 saturated heterocycles. The quantitative estimate of drug-likeness (QED) is 0.732. The number of fused-ring (bicyclic) bond motifs is 1. The normalized spacial score (nSPS) is 12.1. The van der Waals surface area contributed by atoms with Gasteiger partial charge in [0.2, 0.25) is 5.91 Å². The molecule has 122 valence electrons. The Morgan fingerprint density at radius 2 is 1.83 bits per heavy atom. The van der Waals surface area contributed by atoms with Crippen molar-refractivity contribution in [2.45, 2.75) is 26.3 Å². The topological polar surface area (TPSA) is 76.9 Å². The Morgan fingerprint density at radius 1 is 1.12 bits per heavy atom. The number of hydrogen-bond acceptors (Lipinski definition) is 4. The zero-order valence-electron chi connectivity index (χ0n) is 13.6. The van der Waals surface area contributed by atoms with Crippen LogP contribution < -0.4 is 5.32 Å². The lowest BCUT2D eigenvalue weighted by molar-refractivity contribution is -0.119. The third kappa shape index (κ3) is 3.03. The first-order valence-electron chi connectivity index (χ1n) is 7.82. The van der Waals surface area contributed by atoms with Crippen LogP contribution in [-0.2, 0) is 4.79 Å². The molecule has 2 aromatic carbocycles. The average molecular weight is 322 g/mol. The van der Waals surface area contributed by atoms with Crippen LogP contribution in [0.1, 0.15) is 36.7 Å². The van der Waals surface area contributed by atoms with Gasteiger partial charge in [-0.05, 0) is 49.7 Å². The van der Waals surface area contributed by atoms with Gasteiger partial charge in [0.15, 0.2) is 5.78 Å². The second-order valence-electron chi connectivity index (χ2n) is 5.57. The van der Waals surface area contributed by atoms with Crippen LogP contribution in [0.2, 0.25) is 0 Å². The highest BCUT2D eigenvalue weighted by Gasteiger charge is 2.22. The van der Waals surface area contributed by atoms with E-state index < -0.39 is 6.04 Å². The number of ketones is 1. The molecule has 1 amide bonds. The van der Waals surface area contributed by atoms with Crippen LogP contribution in [0, 0.1) is 0 Å². The number of carbonyl (C=O) groups is 2. The van der Waals surface area contributed by atoms with Gasteiger partial charge in [-0.2, -0.15) is 0 Å². The molecule has 0 aliphatic heterocycles. The van der Waals surface area contributed by atoms with Crippen molar-refractivity contribution in [3.63, 3.8) is 0 Å². The number of rotatable bonds is 5. The summed E-state index contributed by atoms with van der Waals surface area (Å²) in [4.78, 5) is 23.9. The number of aromatic nitrogens is 3. The minimum absolute atomic E-state index is 0.00611. The van der Waals surface area contributed by atoms with E-state index in [1.165, 1.54) is 6.92 Å². The van der Waals surface area contributed by atoms with E-state index in [1.54, 1.807) is 28.9 Å². The number of Topliss-reactive ketones (excluding diaryl/α,β-unsaturated/α-hetero) is 1. The van der Waals surface area contributed by atoms with Crippen LogP contribution in [0.3, 0.4) is 0 Å². The maximum atomic E-state index is 12.6. The Kier molecular flexibility index (Phi) is 4.37. The van der Waals surface area contributed by atoms with Gasteiger partial charge in [0.1, 0.15) is 11.6 Å². The maximum Gasteiger partial charge on any atom is 0.249 e. The number of amides is 1. The van der Waals surface area contributed by atoms with Crippen LogP contribution in [0.15, 0.2) is 48.5 Å². The van der Waals surface area contributed by atoms with Crippen molar-refractivity contribution in [1.29, 1.82) is 0 Å². The predicted molar refractivity (Wildman–Crippen MR) is 91.9 cm³/mol. The molecule has 1 atom stereocenters. The fraction of sp³-hybridized carbons (Fsp3) is 0.222. The summed E-state index contributed by atoms with van der Waals surface area (Å²) < 4.78 is 1.65. The maximum absolute atomic E-state index is 12.6. The van der Waals surface area contributed by atoms with Crippen LogP contribution in [-0.4, -0.2) is 26.7 Å². The lowest BCUT2D eigenvalue weighted by Crippen LogP contribution is -2.26. The Labute approximate surface area is 139 Å². The number of nitrogens with one attached hydrogen (secondary N) is 1. The van der Waals surface area contributed by atoms with E-state index in [9.17, 15) is 9.59 Å². The molecule has 6 nitrogen and oxygen atoms in total. The Bertz CT molecular complexity index is 883. The first-order chi connectivity index (χ1) is 11.6. The van der Waals surface area contributed by atoms with E-state index in [0.717, 1.165) is 11.0 Å². The lowest BCUT2D eigenvalue weighted by Gasteiger charge is -2.16. The van der Waals surface area contributed by atoms with E-state index in [-0.39, 0.29) is 11.7 Å². The summed E-state index contributed by atoms with van der Waals surface area (Å²) in [6.45, 7) is 3.44. The Morgan fingerprint density at radius 3 is 2.50 bits per heavy atom. The predicted octanol–water partition coefficient (Wildman–Crippen LogP) is 3.22. The second-order valence-corrected chi connectivity index (χ2v) is 5.57. The minimum atomic E-state index is -0.454. The summed E-state index contributed by atoms with van der Waals surface area (Å²) in [7, 11) is 0. The first kappa shape index (κ1) is 15.9. The zero-order chi connectivity index (χ0) is 17.1. The molecule has 1 unspecified atom stereocenters. The summed E-state index contributed by atoms with van der Waals surface area (Å²) in [5.41, 5.74) is 2.84. The van der Waals surface area contributed by atoms with Crippen molar-refractivity contribution in [2.75, 3.05) is 5.32 Å². The van der Waals surface area contributed by atoms with Gasteiger partial charge in [-0.1, -0.05) is 24.3 Å². The molecule has 1 N–H and O–H groups in total. The molecule has 0 spiro atoms. The summed E-state index contributed by atoms with van der Waals surface area (Å²) in [6, 6.07) is 13.9. The van der Waals surface area contributed by atoms with Crippen LogP contribution >= 0.6 is 0 Å². The van der Waals surface area contributed by atoms with Crippen molar-refractivity contribution in [3.05, 3.63) is 54.1 Å². The molecule has 0 aliphatic carbocycles. The number of carbonyl (C=O) groups excluding carboxylic acids is 2. The lowest BCUT2D eigenvalue weighted by atomic mass is 10.1. The van der Waals surface area contributed by atoms with E-state index in [4.69, 9.17) is 0 Å². The van der Waals surface area contributed by atoms with Crippen molar-refractivity contribution in [3.8, 4) is 0 Å². The third-order valence-corrected chi connectivity index (χ3v) is 3.92. The molecule has 3 aromatic rings. The molecule has 0 fully saturated rings. The van der Waals surface area contributed by atoms with Gasteiger partial charge in [-0.3, -0.25) is 9.59 Å². The van der Waals surface area contributed by atoms with Gasteiger partial charge < -0.3 is 5.32 Å². The van der Waals surface area contributed by atoms with Crippen LogP contribution in [0.4, 0.5) is 5.69 Å². The second kappa shape index (κ2) is 6.62. The third-order valence-electron chi connectivity index (χ3n) is 3.92. The molecular formula is C18H18N4O2. The SMILES string of the molecule is CCC(C(=O)Nc1ccc(C(C)=O)cc1)n1nnc2ccccc21. The van der Waals surface area contributed by atoms with E-state index in [1.807, 2.05) is 31.2 Å². The highest BCUT2D eigenvalue weighted by molar-refractivity contribution is 5.97. The van der Waals surface area contributed by atoms with Crippen LogP contribution in [0.5, 0.6) is 0 Å². The van der Waals surface area contributed by atoms with Crippen LogP contribution in [0.25, 0.3) is 11.0 Å². The van der Waals surface area contributed by atoms with Gasteiger partial charge in [-0.25, -0.2) is 4.68 Å². The number of anilines is 1. The highest BCUT2D eigenvalue weighted by Crippen LogP contribution is 2.20. The Balaban J connectivity index is 1.83. The van der Waals surface area contributed by atoms with E-state index in [2.05, 4.69) is 15.6 Å². The number of hydrogen-bond donors (Lipinski definition) is 1. The average Bonchev–Trinajstić information content (AvgIpc) is 3.00. The molecule has 0 radical (unpaired) electrons. The molecule has 3 rings (SSSR count). The van der Waals surface area contributed by atoms with Gasteiger partial charge in [0.25, 0.3) is 0 Å². The molecule has 1 heterocycles. The summed E-state index contributed by atoms with van der Waals surface area (Å²) >= 11 is 0. The Hall–Kier alpha value is -3.02. The van der Waals surface area contributed by atoms with Gasteiger partial charge in [-0.15, -0.1) is 5.10 Å². The zero-order valence-corrected chi connectivity index (χ0v) is 13.6. The van der Waals surface area contributed by atoms with Gasteiger partial charge in [0, 0.05) is 11.3 Å².